The Morgan fingerprint density at radius 3 is 2.37 bits per heavy atom. The van der Waals surface area contributed by atoms with Crippen LogP contribution >= 0.6 is 0 Å². The van der Waals surface area contributed by atoms with Gasteiger partial charge in [0.15, 0.2) is 0 Å². The topological polar surface area (TPSA) is 26.3 Å². The average Bonchev–Trinajstić information content (AvgIpc) is 2.42. The number of rotatable bonds is 5. The number of aldehydes is 1. The summed E-state index contributed by atoms with van der Waals surface area (Å²) in [6.07, 6.45) is 8.97. The van der Waals surface area contributed by atoms with Crippen molar-refractivity contribution in [3.8, 4) is 5.75 Å². The molecule has 1 aromatic carbocycles. The second kappa shape index (κ2) is 6.74. The summed E-state index contributed by atoms with van der Waals surface area (Å²) in [5, 5.41) is 0. The van der Waals surface area contributed by atoms with Crippen LogP contribution in [0.2, 0.25) is 0 Å². The number of benzene rings is 1. The molecule has 1 aromatic rings. The molecule has 1 fully saturated rings. The maximum absolute atomic E-state index is 10.8. The highest BCUT2D eigenvalue weighted by Gasteiger charge is 2.14. The highest BCUT2D eigenvalue weighted by atomic mass is 16.5. The molecule has 0 spiro atoms. The number of carbonyl (C=O) groups excluding carboxylic acids is 1. The Kier molecular flexibility index (Phi) is 5.00. The molecule has 104 valence electrons. The van der Waals surface area contributed by atoms with Crippen LogP contribution in [-0.4, -0.2) is 12.9 Å². The van der Waals surface area contributed by atoms with Crippen molar-refractivity contribution >= 4 is 6.29 Å². The lowest BCUT2D eigenvalue weighted by molar-refractivity contribution is 0.112. The molecule has 0 aliphatic heterocycles. The van der Waals surface area contributed by atoms with E-state index in [9.17, 15) is 4.79 Å². The van der Waals surface area contributed by atoms with Gasteiger partial charge in [-0.1, -0.05) is 32.1 Å². The summed E-state index contributed by atoms with van der Waals surface area (Å²) in [5.74, 6) is 1.81. The van der Waals surface area contributed by atoms with Crippen LogP contribution in [0.4, 0.5) is 0 Å². The van der Waals surface area contributed by atoms with Gasteiger partial charge in [-0.25, -0.2) is 0 Å². The van der Waals surface area contributed by atoms with Gasteiger partial charge < -0.3 is 4.74 Å². The van der Waals surface area contributed by atoms with Gasteiger partial charge in [0.25, 0.3) is 0 Å². The predicted octanol–water partition coefficient (Wildman–Crippen LogP) is 4.47. The normalized spacial score (nSPS) is 16.3. The van der Waals surface area contributed by atoms with Gasteiger partial charge in [0, 0.05) is 5.56 Å². The maximum Gasteiger partial charge on any atom is 0.150 e. The Hall–Kier alpha value is -1.31. The van der Waals surface area contributed by atoms with E-state index in [4.69, 9.17) is 4.74 Å². The smallest absolute Gasteiger partial charge is 0.150 e. The molecule has 0 aromatic heterocycles. The minimum absolute atomic E-state index is 0.731. The molecule has 19 heavy (non-hydrogen) atoms. The Labute approximate surface area is 116 Å². The zero-order valence-corrected chi connectivity index (χ0v) is 12.1. The third-order valence-electron chi connectivity index (χ3n) is 4.12. The summed E-state index contributed by atoms with van der Waals surface area (Å²) in [6, 6.07) is 3.80. The lowest BCUT2D eigenvalue weighted by atomic mass is 9.87. The van der Waals surface area contributed by atoms with Crippen molar-refractivity contribution in [1.82, 2.24) is 0 Å². The third-order valence-corrected chi connectivity index (χ3v) is 4.12. The van der Waals surface area contributed by atoms with Crippen LogP contribution in [-0.2, 0) is 0 Å². The van der Waals surface area contributed by atoms with E-state index in [1.54, 1.807) is 0 Å². The van der Waals surface area contributed by atoms with Crippen LogP contribution in [0.25, 0.3) is 0 Å². The summed E-state index contributed by atoms with van der Waals surface area (Å²) in [7, 11) is 0. The van der Waals surface area contributed by atoms with Crippen LogP contribution in [0.1, 0.15) is 60.0 Å². The van der Waals surface area contributed by atoms with Crippen LogP contribution < -0.4 is 4.74 Å². The van der Waals surface area contributed by atoms with Crippen LogP contribution in [0.15, 0.2) is 12.1 Å². The van der Waals surface area contributed by atoms with Gasteiger partial charge >= 0.3 is 0 Å². The quantitative estimate of drug-likeness (QED) is 0.730. The molecule has 1 saturated carbocycles. The fourth-order valence-corrected chi connectivity index (χ4v) is 3.08. The number of hydrogen-bond donors (Lipinski definition) is 0. The van der Waals surface area contributed by atoms with Crippen molar-refractivity contribution in [1.29, 1.82) is 0 Å². The molecule has 1 aliphatic carbocycles. The Morgan fingerprint density at radius 2 is 1.79 bits per heavy atom. The molecule has 2 heteroatoms. The average molecular weight is 260 g/mol. The van der Waals surface area contributed by atoms with Crippen molar-refractivity contribution in [2.75, 3.05) is 6.61 Å². The zero-order valence-electron chi connectivity index (χ0n) is 12.1. The minimum Gasteiger partial charge on any atom is -0.493 e. The van der Waals surface area contributed by atoms with Gasteiger partial charge in [-0.3, -0.25) is 4.79 Å². The van der Waals surface area contributed by atoms with E-state index < -0.39 is 0 Å². The summed E-state index contributed by atoms with van der Waals surface area (Å²) < 4.78 is 5.95. The number of carbonyl (C=O) groups is 1. The molecule has 0 amide bonds. The van der Waals surface area contributed by atoms with Crippen molar-refractivity contribution in [3.05, 3.63) is 28.8 Å². The first kappa shape index (κ1) is 14.1. The second-order valence-corrected chi connectivity index (χ2v) is 5.74. The molecule has 2 rings (SSSR count). The molecular weight excluding hydrogens is 236 g/mol. The highest BCUT2D eigenvalue weighted by Crippen LogP contribution is 2.28. The van der Waals surface area contributed by atoms with E-state index >= 15 is 0 Å². The first-order valence-electron chi connectivity index (χ1n) is 7.40. The molecule has 1 aliphatic rings. The van der Waals surface area contributed by atoms with Gasteiger partial charge in [0.05, 0.1) is 6.61 Å². The number of ether oxygens (including phenoxy) is 1. The first-order valence-corrected chi connectivity index (χ1v) is 7.40. The molecule has 0 unspecified atom stereocenters. The zero-order chi connectivity index (χ0) is 13.7. The van der Waals surface area contributed by atoms with E-state index in [2.05, 4.69) is 0 Å². The van der Waals surface area contributed by atoms with Crippen LogP contribution in [0, 0.1) is 19.8 Å². The number of hydrogen-bond acceptors (Lipinski definition) is 2. The Morgan fingerprint density at radius 1 is 1.16 bits per heavy atom. The number of aryl methyl sites for hydroxylation is 2. The van der Waals surface area contributed by atoms with Gasteiger partial charge in [-0.15, -0.1) is 0 Å². The van der Waals surface area contributed by atoms with Gasteiger partial charge in [0.1, 0.15) is 12.0 Å². The summed E-state index contributed by atoms with van der Waals surface area (Å²) in [4.78, 5) is 10.8. The first-order chi connectivity index (χ1) is 9.20. The summed E-state index contributed by atoms with van der Waals surface area (Å²) in [6.45, 7) is 4.82. The van der Waals surface area contributed by atoms with E-state index in [1.165, 1.54) is 32.1 Å². The van der Waals surface area contributed by atoms with E-state index in [0.717, 1.165) is 47.7 Å². The third kappa shape index (κ3) is 3.82. The van der Waals surface area contributed by atoms with Gasteiger partial charge in [-0.2, -0.15) is 0 Å². The predicted molar refractivity (Wildman–Crippen MR) is 78.0 cm³/mol. The maximum atomic E-state index is 10.8. The molecule has 0 N–H and O–H groups in total. The Bertz CT molecular complexity index is 408. The second-order valence-electron chi connectivity index (χ2n) is 5.74. The summed E-state index contributed by atoms with van der Waals surface area (Å²) in [5.41, 5.74) is 2.85. The van der Waals surface area contributed by atoms with E-state index in [1.807, 2.05) is 26.0 Å². The molecule has 2 nitrogen and oxygen atoms in total. The van der Waals surface area contributed by atoms with Gasteiger partial charge in [-0.05, 0) is 49.4 Å². The molecule has 0 saturated heterocycles. The van der Waals surface area contributed by atoms with Crippen molar-refractivity contribution in [2.24, 2.45) is 5.92 Å². The van der Waals surface area contributed by atoms with E-state index in [0.29, 0.717) is 0 Å². The molecule has 0 radical (unpaired) electrons. The highest BCUT2D eigenvalue weighted by molar-refractivity contribution is 5.76. The largest absolute Gasteiger partial charge is 0.493 e. The SMILES string of the molecule is Cc1cc(C=O)cc(C)c1OCCC1CCCCC1. The fraction of sp³-hybridized carbons (Fsp3) is 0.588. The minimum atomic E-state index is 0.731. The lowest BCUT2D eigenvalue weighted by Crippen LogP contribution is -2.11. The van der Waals surface area contributed by atoms with E-state index in [-0.39, 0.29) is 0 Å². The molecule has 0 atom stereocenters. The summed E-state index contributed by atoms with van der Waals surface area (Å²) >= 11 is 0. The monoisotopic (exact) mass is 260 g/mol. The standard InChI is InChI=1S/C17H24O2/c1-13-10-16(12-18)11-14(2)17(13)19-9-8-15-6-4-3-5-7-15/h10-12,15H,3-9H2,1-2H3. The van der Waals surface area contributed by atoms with Crippen LogP contribution in [0.3, 0.4) is 0 Å². The van der Waals surface area contributed by atoms with Gasteiger partial charge in [0.2, 0.25) is 0 Å². The molecular formula is C17H24O2. The van der Waals surface area contributed by atoms with Crippen molar-refractivity contribution in [2.45, 2.75) is 52.4 Å². The fourth-order valence-electron chi connectivity index (χ4n) is 3.08. The van der Waals surface area contributed by atoms with Crippen molar-refractivity contribution in [3.63, 3.8) is 0 Å². The lowest BCUT2D eigenvalue weighted by Gasteiger charge is -2.22. The molecule has 0 heterocycles. The molecule has 0 bridgehead atoms. The van der Waals surface area contributed by atoms with Crippen LogP contribution in [0.5, 0.6) is 5.75 Å². The Balaban J connectivity index is 1.90. The van der Waals surface area contributed by atoms with Crippen molar-refractivity contribution < 1.29 is 9.53 Å².